The van der Waals surface area contributed by atoms with Crippen LogP contribution in [-0.2, 0) is 32.6 Å². The topological polar surface area (TPSA) is 0 Å². The Kier molecular flexibility index (Phi) is 6.93. The van der Waals surface area contributed by atoms with Crippen molar-refractivity contribution < 1.29 is 26.2 Å². The van der Waals surface area contributed by atoms with Crippen molar-refractivity contribution in [1.29, 1.82) is 0 Å². The average Bonchev–Trinajstić information content (AvgIpc) is 3.07. The van der Waals surface area contributed by atoms with Gasteiger partial charge in [-0.3, -0.25) is 0 Å². The van der Waals surface area contributed by atoms with Gasteiger partial charge in [0.1, 0.15) is 0 Å². The summed E-state index contributed by atoms with van der Waals surface area (Å²) < 4.78 is 0. The summed E-state index contributed by atoms with van der Waals surface area (Å²) in [6.45, 7) is 9.51. The normalized spacial score (nSPS) is 15.6. The van der Waals surface area contributed by atoms with Crippen LogP contribution < -0.4 is 5.19 Å². The molecule has 1 fully saturated rings. The zero-order chi connectivity index (χ0) is 19.0. The molecule has 146 valence electrons. The van der Waals surface area contributed by atoms with Gasteiger partial charge < -0.3 is 0 Å². The van der Waals surface area contributed by atoms with E-state index < -0.39 is 8.07 Å². The van der Waals surface area contributed by atoms with Gasteiger partial charge in [0.05, 0.1) is 8.07 Å². The molecule has 0 atom stereocenters. The summed E-state index contributed by atoms with van der Waals surface area (Å²) >= 11 is 0. The summed E-state index contributed by atoms with van der Waals surface area (Å²) in [5.41, 5.74) is 5.71. The number of hydrogen-bond donors (Lipinski definition) is 0. The summed E-state index contributed by atoms with van der Waals surface area (Å²) in [5, 5.41) is 4.43. The molecule has 0 unspecified atom stereocenters. The minimum atomic E-state index is -1.24. The Hall–Kier alpha value is -0.850. The van der Waals surface area contributed by atoms with E-state index in [2.05, 4.69) is 75.1 Å². The average molecular weight is 465 g/mol. The molecular formula is C26H33SiZr-. The molecule has 0 spiro atoms. The van der Waals surface area contributed by atoms with Crippen molar-refractivity contribution in [2.24, 2.45) is 5.92 Å². The van der Waals surface area contributed by atoms with Crippen LogP contribution in [0.3, 0.4) is 0 Å². The van der Waals surface area contributed by atoms with Crippen LogP contribution in [0.1, 0.15) is 43.2 Å². The number of rotatable bonds is 4. The fourth-order valence-electron chi connectivity index (χ4n) is 4.75. The first-order valence-corrected chi connectivity index (χ1v) is 14.2. The van der Waals surface area contributed by atoms with Gasteiger partial charge in [0.2, 0.25) is 0 Å². The maximum absolute atomic E-state index is 2.48. The Labute approximate surface area is 191 Å². The molecule has 0 amide bonds. The van der Waals surface area contributed by atoms with Gasteiger partial charge >= 0.3 is 0 Å². The van der Waals surface area contributed by atoms with Gasteiger partial charge in [-0.1, -0.05) is 99.8 Å². The fraction of sp³-hybridized carbons (Fsp3) is 0.423. The molecule has 2 heteroatoms. The second-order valence-electron chi connectivity index (χ2n) is 9.66. The van der Waals surface area contributed by atoms with E-state index in [4.69, 9.17) is 0 Å². The zero-order valence-corrected chi connectivity index (χ0v) is 21.4. The Morgan fingerprint density at radius 1 is 0.929 bits per heavy atom. The van der Waals surface area contributed by atoms with E-state index in [1.807, 2.05) is 0 Å². The molecule has 1 aliphatic carbocycles. The van der Waals surface area contributed by atoms with Crippen molar-refractivity contribution in [2.45, 2.75) is 65.1 Å². The van der Waals surface area contributed by atoms with Gasteiger partial charge in [0.15, 0.2) is 0 Å². The van der Waals surface area contributed by atoms with Gasteiger partial charge in [-0.15, -0.1) is 34.0 Å². The maximum Gasteiger partial charge on any atom is 0.0775 e. The Morgan fingerprint density at radius 2 is 1.61 bits per heavy atom. The molecular weight excluding hydrogens is 432 g/mol. The van der Waals surface area contributed by atoms with E-state index >= 15 is 0 Å². The number of hydrogen-bond acceptors (Lipinski definition) is 0. The number of benzene rings is 2. The molecule has 1 aliphatic rings. The van der Waals surface area contributed by atoms with Gasteiger partial charge in [-0.25, -0.2) is 0 Å². The molecule has 0 N–H and O–H groups in total. The maximum atomic E-state index is 2.48. The van der Waals surface area contributed by atoms with Crippen LogP contribution >= 0.6 is 0 Å². The summed E-state index contributed by atoms with van der Waals surface area (Å²) in [6, 6.07) is 19.0. The first-order chi connectivity index (χ1) is 12.9. The van der Waals surface area contributed by atoms with Crippen LogP contribution in [0.25, 0.3) is 21.9 Å². The summed E-state index contributed by atoms with van der Waals surface area (Å²) in [7, 11) is -1.24. The summed E-state index contributed by atoms with van der Waals surface area (Å²) in [6.07, 6.45) is 8.41. The van der Waals surface area contributed by atoms with Crippen molar-refractivity contribution in [1.82, 2.24) is 0 Å². The van der Waals surface area contributed by atoms with Crippen LogP contribution in [-0.4, -0.2) is 8.07 Å². The van der Waals surface area contributed by atoms with Crippen LogP contribution in [0.2, 0.25) is 19.6 Å². The molecule has 0 aliphatic heterocycles. The Balaban J connectivity index is 0.00000225. The van der Waals surface area contributed by atoms with E-state index in [0.717, 1.165) is 5.92 Å². The van der Waals surface area contributed by atoms with Crippen molar-refractivity contribution in [3.63, 3.8) is 0 Å². The van der Waals surface area contributed by atoms with Crippen LogP contribution in [0.4, 0.5) is 0 Å². The molecule has 0 heterocycles. The first-order valence-electron chi connectivity index (χ1n) is 10.7. The predicted octanol–water partition coefficient (Wildman–Crippen LogP) is 7.20. The van der Waals surface area contributed by atoms with Gasteiger partial charge in [0, 0.05) is 26.2 Å². The third kappa shape index (κ3) is 4.65. The Bertz CT molecular complexity index is 921. The van der Waals surface area contributed by atoms with Crippen molar-refractivity contribution in [2.75, 3.05) is 0 Å². The van der Waals surface area contributed by atoms with E-state index in [-0.39, 0.29) is 26.2 Å². The Morgan fingerprint density at radius 3 is 2.25 bits per heavy atom. The second-order valence-corrected chi connectivity index (χ2v) is 14.7. The minimum Gasteiger partial charge on any atom is -0.164 e. The number of fused-ring (bicyclic) bond motifs is 1. The first kappa shape index (κ1) is 21.8. The SMILES string of the molecule is Cc1ccc(-c2ccc([Si](C)(C)C)cc2)c2cc(CC3CCCCC3)[cH-]c12.[Zr]. The zero-order valence-electron chi connectivity index (χ0n) is 17.9. The van der Waals surface area contributed by atoms with Crippen molar-refractivity contribution >= 4 is 24.0 Å². The van der Waals surface area contributed by atoms with Crippen molar-refractivity contribution in [3.8, 4) is 11.1 Å². The van der Waals surface area contributed by atoms with Gasteiger partial charge in [-0.05, 0) is 17.9 Å². The van der Waals surface area contributed by atoms with Crippen LogP contribution in [0.5, 0.6) is 0 Å². The molecule has 3 aromatic carbocycles. The molecule has 3 aromatic rings. The van der Waals surface area contributed by atoms with Gasteiger partial charge in [0.25, 0.3) is 0 Å². The van der Waals surface area contributed by atoms with Crippen LogP contribution in [0.15, 0.2) is 48.5 Å². The second kappa shape index (κ2) is 8.88. The van der Waals surface area contributed by atoms with E-state index in [9.17, 15) is 0 Å². The molecule has 0 nitrogen and oxygen atoms in total. The summed E-state index contributed by atoms with van der Waals surface area (Å²) in [5.74, 6) is 0.898. The molecule has 4 rings (SSSR count). The molecule has 28 heavy (non-hydrogen) atoms. The quantitative estimate of drug-likeness (QED) is 0.283. The standard InChI is InChI=1S/C26H33Si.Zr/c1-19-10-15-24(22-11-13-23(14-12-22)27(2,3)4)26-18-21(17-25(19)26)16-20-8-6-5-7-9-20;/h10-15,17-18,20H,5-9,16H2,1-4H3;/q-1;. The molecule has 0 radical (unpaired) electrons. The van der Waals surface area contributed by atoms with E-state index in [1.165, 1.54) is 71.2 Å². The number of aryl methyl sites for hydroxylation is 1. The van der Waals surface area contributed by atoms with Gasteiger partial charge in [-0.2, -0.15) is 6.07 Å². The third-order valence-electron chi connectivity index (χ3n) is 6.48. The van der Waals surface area contributed by atoms with E-state index in [0.29, 0.717) is 0 Å². The smallest absolute Gasteiger partial charge is 0.0775 e. The fourth-order valence-corrected chi connectivity index (χ4v) is 5.92. The monoisotopic (exact) mass is 463 g/mol. The van der Waals surface area contributed by atoms with E-state index in [1.54, 1.807) is 5.56 Å². The molecule has 0 saturated heterocycles. The minimum absolute atomic E-state index is 0. The van der Waals surface area contributed by atoms with Crippen molar-refractivity contribution in [3.05, 3.63) is 59.7 Å². The molecule has 0 aromatic heterocycles. The van der Waals surface area contributed by atoms with Crippen LogP contribution in [0, 0.1) is 12.8 Å². The molecule has 0 bridgehead atoms. The third-order valence-corrected chi connectivity index (χ3v) is 8.54. The predicted molar refractivity (Wildman–Crippen MR) is 123 cm³/mol. The largest absolute Gasteiger partial charge is 0.164 e. The molecule has 1 saturated carbocycles. The summed E-state index contributed by atoms with van der Waals surface area (Å²) in [4.78, 5) is 0.